The van der Waals surface area contributed by atoms with E-state index in [0.717, 1.165) is 0 Å². The number of carbonyl (C=O) groups is 3. The number of benzene rings is 1. The molecule has 0 saturated heterocycles. The molecule has 0 unspecified atom stereocenters. The van der Waals surface area contributed by atoms with Gasteiger partial charge in [0.05, 0.1) is 37.3 Å². The van der Waals surface area contributed by atoms with Crippen LogP contribution in [-0.2, 0) is 9.59 Å². The van der Waals surface area contributed by atoms with Crippen LogP contribution in [0.3, 0.4) is 0 Å². The Morgan fingerprint density at radius 3 is 2.00 bits per heavy atom. The SMILES string of the molecule is COc1cc(NC(=O)[C@@H]2[C@H](C(=O)O)C2(C)C)c(C(=O)O)cc1OC. The average molecular weight is 337 g/mol. The molecular formula is C16H19NO7. The van der Waals surface area contributed by atoms with Gasteiger partial charge in [-0.2, -0.15) is 0 Å². The van der Waals surface area contributed by atoms with E-state index in [2.05, 4.69) is 5.32 Å². The van der Waals surface area contributed by atoms with Crippen LogP contribution < -0.4 is 14.8 Å². The molecule has 8 nitrogen and oxygen atoms in total. The van der Waals surface area contributed by atoms with Gasteiger partial charge in [0.2, 0.25) is 5.91 Å². The van der Waals surface area contributed by atoms with Crippen LogP contribution in [0.15, 0.2) is 12.1 Å². The standard InChI is InChI=1S/C16H19NO7/c1-16(2)11(12(16)15(21)22)13(18)17-8-6-10(24-4)9(23-3)5-7(8)14(19)20/h5-6,11-12H,1-4H3,(H,17,18)(H,19,20)(H,21,22)/t11-,12+/m0/s1. The lowest BCUT2D eigenvalue weighted by atomic mass is 10.1. The highest BCUT2D eigenvalue weighted by molar-refractivity contribution is 6.04. The summed E-state index contributed by atoms with van der Waals surface area (Å²) in [5.74, 6) is -3.91. The van der Waals surface area contributed by atoms with Gasteiger partial charge in [-0.1, -0.05) is 13.8 Å². The maximum absolute atomic E-state index is 12.4. The van der Waals surface area contributed by atoms with Crippen molar-refractivity contribution in [1.29, 1.82) is 0 Å². The number of carboxylic acid groups (broad SMARTS) is 2. The second-order valence-corrected chi connectivity index (χ2v) is 6.16. The highest BCUT2D eigenvalue weighted by Crippen LogP contribution is 2.58. The largest absolute Gasteiger partial charge is 0.493 e. The van der Waals surface area contributed by atoms with Gasteiger partial charge < -0.3 is 25.0 Å². The number of ether oxygens (including phenoxy) is 2. The molecule has 1 fully saturated rings. The van der Waals surface area contributed by atoms with Crippen LogP contribution in [0, 0.1) is 17.3 Å². The lowest BCUT2D eigenvalue weighted by Gasteiger charge is -2.14. The molecule has 1 amide bonds. The number of hydrogen-bond donors (Lipinski definition) is 3. The minimum atomic E-state index is -1.25. The summed E-state index contributed by atoms with van der Waals surface area (Å²) in [7, 11) is 2.75. The minimum Gasteiger partial charge on any atom is -0.493 e. The van der Waals surface area contributed by atoms with Gasteiger partial charge in [0.15, 0.2) is 11.5 Å². The fourth-order valence-electron chi connectivity index (χ4n) is 2.96. The lowest BCUT2D eigenvalue weighted by Crippen LogP contribution is -2.19. The van der Waals surface area contributed by atoms with Crippen LogP contribution in [-0.4, -0.2) is 42.3 Å². The van der Waals surface area contributed by atoms with Gasteiger partial charge in [-0.05, 0) is 5.41 Å². The van der Waals surface area contributed by atoms with Gasteiger partial charge in [-0.15, -0.1) is 0 Å². The molecule has 0 aromatic heterocycles. The Labute approximate surface area is 138 Å². The number of nitrogens with one attached hydrogen (secondary N) is 1. The third-order valence-electron chi connectivity index (χ3n) is 4.39. The molecule has 0 bridgehead atoms. The molecule has 0 spiro atoms. The van der Waals surface area contributed by atoms with E-state index >= 15 is 0 Å². The summed E-state index contributed by atoms with van der Waals surface area (Å²) in [4.78, 5) is 35.0. The number of hydrogen-bond acceptors (Lipinski definition) is 5. The monoisotopic (exact) mass is 337 g/mol. The van der Waals surface area contributed by atoms with Gasteiger partial charge in [-0.3, -0.25) is 9.59 Å². The predicted octanol–water partition coefficient (Wildman–Crippen LogP) is 1.70. The summed E-state index contributed by atoms with van der Waals surface area (Å²) in [6.45, 7) is 3.37. The van der Waals surface area contributed by atoms with Crippen LogP contribution in [0.4, 0.5) is 5.69 Å². The second kappa shape index (κ2) is 6.03. The van der Waals surface area contributed by atoms with E-state index in [9.17, 15) is 19.5 Å². The first-order valence-electron chi connectivity index (χ1n) is 7.18. The highest BCUT2D eigenvalue weighted by Gasteiger charge is 2.65. The van der Waals surface area contributed by atoms with E-state index in [1.54, 1.807) is 13.8 Å². The maximum Gasteiger partial charge on any atom is 0.337 e. The van der Waals surface area contributed by atoms with Gasteiger partial charge in [0.1, 0.15) is 0 Å². The molecule has 2 atom stereocenters. The first-order chi connectivity index (χ1) is 11.1. The van der Waals surface area contributed by atoms with Crippen molar-refractivity contribution >= 4 is 23.5 Å². The van der Waals surface area contributed by atoms with Gasteiger partial charge in [0.25, 0.3) is 0 Å². The van der Waals surface area contributed by atoms with Crippen LogP contribution >= 0.6 is 0 Å². The molecular weight excluding hydrogens is 318 g/mol. The van der Waals surface area contributed by atoms with E-state index in [-0.39, 0.29) is 22.7 Å². The second-order valence-electron chi connectivity index (χ2n) is 6.16. The summed E-state index contributed by atoms with van der Waals surface area (Å²) in [5, 5.41) is 21.0. The number of carbonyl (C=O) groups excluding carboxylic acids is 1. The van der Waals surface area contributed by atoms with Crippen molar-refractivity contribution < 1.29 is 34.1 Å². The van der Waals surface area contributed by atoms with Crippen molar-refractivity contribution in [2.75, 3.05) is 19.5 Å². The summed E-state index contributed by atoms with van der Waals surface area (Å²) < 4.78 is 10.2. The lowest BCUT2D eigenvalue weighted by molar-refractivity contribution is -0.140. The highest BCUT2D eigenvalue weighted by atomic mass is 16.5. The number of aliphatic carboxylic acids is 1. The van der Waals surface area contributed by atoms with Crippen molar-refractivity contribution in [2.24, 2.45) is 17.3 Å². The van der Waals surface area contributed by atoms with Crippen molar-refractivity contribution in [3.8, 4) is 11.5 Å². The Balaban J connectivity index is 2.34. The normalized spacial score (nSPS) is 20.8. The van der Waals surface area contributed by atoms with Crippen LogP contribution in [0.2, 0.25) is 0 Å². The topological polar surface area (TPSA) is 122 Å². The Morgan fingerprint density at radius 2 is 1.58 bits per heavy atom. The molecule has 0 heterocycles. The molecule has 2 rings (SSSR count). The summed E-state index contributed by atoms with van der Waals surface area (Å²) in [6, 6.07) is 2.58. The minimum absolute atomic E-state index is 0.0250. The zero-order valence-electron chi connectivity index (χ0n) is 13.7. The van der Waals surface area contributed by atoms with Gasteiger partial charge in [0, 0.05) is 12.1 Å². The average Bonchev–Trinajstić information content (AvgIpc) is 3.09. The van der Waals surface area contributed by atoms with Gasteiger partial charge >= 0.3 is 11.9 Å². The van der Waals surface area contributed by atoms with Crippen LogP contribution in [0.5, 0.6) is 11.5 Å². The molecule has 0 aliphatic heterocycles. The molecule has 1 aliphatic rings. The number of amides is 1. The number of rotatable bonds is 6. The Morgan fingerprint density at radius 1 is 1.04 bits per heavy atom. The molecule has 8 heteroatoms. The predicted molar refractivity (Wildman–Crippen MR) is 83.5 cm³/mol. The molecule has 130 valence electrons. The number of methoxy groups -OCH3 is 2. The number of anilines is 1. The zero-order valence-corrected chi connectivity index (χ0v) is 13.7. The van der Waals surface area contributed by atoms with Gasteiger partial charge in [-0.25, -0.2) is 4.79 Å². The smallest absolute Gasteiger partial charge is 0.337 e. The summed E-state index contributed by atoms with van der Waals surface area (Å²) in [5.41, 5.74) is -0.834. The van der Waals surface area contributed by atoms with Crippen LogP contribution in [0.1, 0.15) is 24.2 Å². The molecule has 1 saturated carbocycles. The molecule has 24 heavy (non-hydrogen) atoms. The van der Waals surface area contributed by atoms with E-state index in [0.29, 0.717) is 0 Å². The van der Waals surface area contributed by atoms with E-state index < -0.39 is 35.1 Å². The van der Waals surface area contributed by atoms with Crippen molar-refractivity contribution in [3.05, 3.63) is 17.7 Å². The molecule has 3 N–H and O–H groups in total. The number of carboxylic acids is 2. The zero-order chi connectivity index (χ0) is 18.2. The molecule has 1 aromatic rings. The fraction of sp³-hybridized carbons (Fsp3) is 0.438. The first-order valence-corrected chi connectivity index (χ1v) is 7.18. The molecule has 1 aromatic carbocycles. The third kappa shape index (κ3) is 2.86. The van der Waals surface area contributed by atoms with E-state index in [1.807, 2.05) is 0 Å². The van der Waals surface area contributed by atoms with Crippen molar-refractivity contribution in [2.45, 2.75) is 13.8 Å². The quantitative estimate of drug-likeness (QED) is 0.722. The molecule has 1 aliphatic carbocycles. The first kappa shape index (κ1) is 17.6. The Bertz CT molecular complexity index is 711. The Hall–Kier alpha value is -2.77. The third-order valence-corrected chi connectivity index (χ3v) is 4.39. The summed E-state index contributed by atoms with van der Waals surface area (Å²) in [6.07, 6.45) is 0. The van der Waals surface area contributed by atoms with Crippen LogP contribution in [0.25, 0.3) is 0 Å². The maximum atomic E-state index is 12.4. The van der Waals surface area contributed by atoms with Crippen molar-refractivity contribution in [1.82, 2.24) is 0 Å². The number of aromatic carboxylic acids is 1. The Kier molecular flexibility index (Phi) is 4.42. The summed E-state index contributed by atoms with van der Waals surface area (Å²) >= 11 is 0. The van der Waals surface area contributed by atoms with Crippen molar-refractivity contribution in [3.63, 3.8) is 0 Å². The fourth-order valence-corrected chi connectivity index (χ4v) is 2.96. The van der Waals surface area contributed by atoms with E-state index in [4.69, 9.17) is 14.6 Å². The molecule has 0 radical (unpaired) electrons. The van der Waals surface area contributed by atoms with E-state index in [1.165, 1.54) is 26.4 Å².